The van der Waals surface area contributed by atoms with E-state index in [2.05, 4.69) is 20.0 Å². The molecule has 0 bridgehead atoms. The van der Waals surface area contributed by atoms with E-state index in [-0.39, 0.29) is 53.7 Å². The third-order valence-corrected chi connectivity index (χ3v) is 3.91. The van der Waals surface area contributed by atoms with Gasteiger partial charge in [-0.3, -0.25) is 14.9 Å². The number of carbonyl (C=O) groups excluding carboxylic acids is 2. The van der Waals surface area contributed by atoms with Crippen LogP contribution < -0.4 is 20.5 Å². The summed E-state index contributed by atoms with van der Waals surface area (Å²) in [4.78, 5) is 43.2. The topological polar surface area (TPSA) is 169 Å². The molecule has 172 valence electrons. The van der Waals surface area contributed by atoms with E-state index in [0.717, 1.165) is 6.07 Å². The Labute approximate surface area is 184 Å². The molecule has 0 unspecified atom stereocenters. The summed E-state index contributed by atoms with van der Waals surface area (Å²) in [6.07, 6.45) is 0.462. The van der Waals surface area contributed by atoms with E-state index in [1.807, 2.05) is 13.8 Å². The molecule has 2 heterocycles. The number of methoxy groups -OCH3 is 1. The smallest absolute Gasteiger partial charge is 0.356 e. The van der Waals surface area contributed by atoms with E-state index in [1.54, 1.807) is 0 Å². The van der Waals surface area contributed by atoms with Crippen LogP contribution in [0.5, 0.6) is 11.8 Å². The number of anilines is 1. The highest BCUT2D eigenvalue weighted by Gasteiger charge is 2.22. The van der Waals surface area contributed by atoms with Crippen LogP contribution in [0.3, 0.4) is 0 Å². The van der Waals surface area contributed by atoms with Crippen molar-refractivity contribution in [3.8, 4) is 11.8 Å². The van der Waals surface area contributed by atoms with Gasteiger partial charge in [0.05, 0.1) is 25.2 Å². The van der Waals surface area contributed by atoms with Crippen molar-refractivity contribution in [2.75, 3.05) is 32.2 Å². The quantitative estimate of drug-likeness (QED) is 0.225. The SMILES string of the molecule is COC(=O)c1ccc(NC(=O)c2ccc([N+](=O)[O-])c(OCCCN)n2)c(OCC(C)C)n1. The molecule has 32 heavy (non-hydrogen) atoms. The molecule has 0 radical (unpaired) electrons. The second-order valence-electron chi connectivity index (χ2n) is 6.97. The number of amides is 1. The monoisotopic (exact) mass is 447 g/mol. The lowest BCUT2D eigenvalue weighted by atomic mass is 10.2. The summed E-state index contributed by atoms with van der Waals surface area (Å²) in [5.74, 6) is -1.44. The van der Waals surface area contributed by atoms with Crippen LogP contribution in [0, 0.1) is 16.0 Å². The van der Waals surface area contributed by atoms with Gasteiger partial charge in [0.15, 0.2) is 5.69 Å². The minimum absolute atomic E-state index is 0.00769. The molecule has 0 aliphatic carbocycles. The van der Waals surface area contributed by atoms with Crippen molar-refractivity contribution in [1.82, 2.24) is 9.97 Å². The number of aromatic nitrogens is 2. The molecule has 0 aromatic carbocycles. The fourth-order valence-corrected chi connectivity index (χ4v) is 2.35. The summed E-state index contributed by atoms with van der Waals surface area (Å²) in [5, 5.41) is 13.8. The van der Waals surface area contributed by atoms with Crippen LogP contribution in [0.2, 0.25) is 0 Å². The van der Waals surface area contributed by atoms with Gasteiger partial charge < -0.3 is 25.3 Å². The van der Waals surface area contributed by atoms with Gasteiger partial charge in [0.2, 0.25) is 5.88 Å². The van der Waals surface area contributed by atoms with Gasteiger partial charge in [0.1, 0.15) is 11.4 Å². The molecule has 3 N–H and O–H groups in total. The first-order valence-corrected chi connectivity index (χ1v) is 9.78. The van der Waals surface area contributed by atoms with Gasteiger partial charge in [0.25, 0.3) is 11.8 Å². The third kappa shape index (κ3) is 6.60. The molecule has 12 nitrogen and oxygen atoms in total. The first-order valence-electron chi connectivity index (χ1n) is 9.78. The van der Waals surface area contributed by atoms with Crippen molar-refractivity contribution in [3.63, 3.8) is 0 Å². The zero-order valence-electron chi connectivity index (χ0n) is 18.0. The van der Waals surface area contributed by atoms with Gasteiger partial charge in [0, 0.05) is 6.07 Å². The first kappa shape index (κ1) is 24.5. The van der Waals surface area contributed by atoms with Crippen molar-refractivity contribution in [2.45, 2.75) is 20.3 Å². The van der Waals surface area contributed by atoms with Gasteiger partial charge in [-0.1, -0.05) is 13.8 Å². The number of rotatable bonds is 11. The standard InChI is InChI=1S/C20H25N5O7/c1-12(2)11-32-18-14(5-6-15(24-18)20(27)30-3)22-17(26)13-7-8-16(25(28)29)19(23-13)31-10-4-9-21/h5-8,12H,4,9-11,21H2,1-3H3,(H,22,26). The average molecular weight is 447 g/mol. The van der Waals surface area contributed by atoms with Crippen LogP contribution in [-0.4, -0.2) is 53.6 Å². The molecule has 0 spiro atoms. The maximum atomic E-state index is 12.7. The lowest BCUT2D eigenvalue weighted by Gasteiger charge is -2.14. The fourth-order valence-electron chi connectivity index (χ4n) is 2.35. The van der Waals surface area contributed by atoms with Gasteiger partial charge in [-0.2, -0.15) is 0 Å². The average Bonchev–Trinajstić information content (AvgIpc) is 2.77. The molecule has 0 saturated carbocycles. The molecule has 0 aliphatic heterocycles. The molecule has 0 aliphatic rings. The van der Waals surface area contributed by atoms with Crippen LogP contribution >= 0.6 is 0 Å². The van der Waals surface area contributed by atoms with Crippen LogP contribution in [0.25, 0.3) is 0 Å². The second-order valence-corrected chi connectivity index (χ2v) is 6.97. The number of carbonyl (C=O) groups is 2. The van der Waals surface area contributed by atoms with Crippen LogP contribution in [-0.2, 0) is 4.74 Å². The minimum atomic E-state index is -0.675. The van der Waals surface area contributed by atoms with Crippen molar-refractivity contribution < 1.29 is 28.7 Å². The second kappa shape index (κ2) is 11.6. The van der Waals surface area contributed by atoms with Crippen molar-refractivity contribution in [3.05, 3.63) is 45.8 Å². The summed E-state index contributed by atoms with van der Waals surface area (Å²) >= 11 is 0. The van der Waals surface area contributed by atoms with Crippen LogP contribution in [0.4, 0.5) is 11.4 Å². The maximum Gasteiger partial charge on any atom is 0.356 e. The van der Waals surface area contributed by atoms with E-state index in [1.165, 1.54) is 25.3 Å². The summed E-state index contributed by atoms with van der Waals surface area (Å²) in [6, 6.07) is 5.15. The zero-order valence-corrected chi connectivity index (χ0v) is 18.0. The fraction of sp³-hybridized carbons (Fsp3) is 0.400. The Kier molecular flexibility index (Phi) is 8.83. The van der Waals surface area contributed by atoms with E-state index in [0.29, 0.717) is 13.0 Å². The highest BCUT2D eigenvalue weighted by molar-refractivity contribution is 6.04. The van der Waals surface area contributed by atoms with Gasteiger partial charge in [-0.25, -0.2) is 14.8 Å². The number of nitrogens with two attached hydrogens (primary N) is 1. The molecule has 2 aromatic heterocycles. The van der Waals surface area contributed by atoms with Crippen molar-refractivity contribution in [2.24, 2.45) is 11.7 Å². The molecule has 2 aromatic rings. The third-order valence-electron chi connectivity index (χ3n) is 3.91. The van der Waals surface area contributed by atoms with Gasteiger partial charge >= 0.3 is 11.7 Å². The number of nitrogens with zero attached hydrogens (tertiary/aromatic N) is 3. The summed E-state index contributed by atoms with van der Waals surface area (Å²) in [7, 11) is 1.22. The van der Waals surface area contributed by atoms with Gasteiger partial charge in [-0.05, 0) is 37.1 Å². The normalized spacial score (nSPS) is 10.5. The minimum Gasteiger partial charge on any atom is -0.476 e. The number of nitro groups is 1. The number of hydrogen-bond acceptors (Lipinski definition) is 10. The molecule has 12 heteroatoms. The lowest BCUT2D eigenvalue weighted by Crippen LogP contribution is -2.18. The molecular weight excluding hydrogens is 422 g/mol. The molecule has 2 rings (SSSR count). The highest BCUT2D eigenvalue weighted by atomic mass is 16.6. The zero-order chi connectivity index (χ0) is 23.7. The van der Waals surface area contributed by atoms with Crippen molar-refractivity contribution >= 4 is 23.3 Å². The lowest BCUT2D eigenvalue weighted by molar-refractivity contribution is -0.386. The van der Waals surface area contributed by atoms with Crippen LogP contribution in [0.15, 0.2) is 24.3 Å². The Morgan fingerprint density at radius 3 is 2.44 bits per heavy atom. The van der Waals surface area contributed by atoms with E-state index in [9.17, 15) is 19.7 Å². The number of esters is 1. The molecular formula is C20H25N5O7. The van der Waals surface area contributed by atoms with E-state index in [4.69, 9.17) is 15.2 Å². The first-order chi connectivity index (χ1) is 15.3. The Hall–Kier alpha value is -3.80. The van der Waals surface area contributed by atoms with E-state index < -0.39 is 16.8 Å². The van der Waals surface area contributed by atoms with Gasteiger partial charge in [-0.15, -0.1) is 0 Å². The summed E-state index contributed by atoms with van der Waals surface area (Å²) in [6.45, 7) is 4.59. The largest absolute Gasteiger partial charge is 0.476 e. The van der Waals surface area contributed by atoms with Crippen LogP contribution in [0.1, 0.15) is 41.2 Å². The number of pyridine rings is 2. The summed E-state index contributed by atoms with van der Waals surface area (Å²) < 4.78 is 15.6. The molecule has 0 fully saturated rings. The number of nitrogens with one attached hydrogen (secondary N) is 1. The Morgan fingerprint density at radius 1 is 1.12 bits per heavy atom. The molecule has 1 amide bonds. The Balaban J connectivity index is 2.31. The highest BCUT2D eigenvalue weighted by Crippen LogP contribution is 2.27. The predicted octanol–water partition coefficient (Wildman–Crippen LogP) is 2.19. The predicted molar refractivity (Wildman–Crippen MR) is 114 cm³/mol. The Morgan fingerprint density at radius 2 is 1.81 bits per heavy atom. The molecule has 0 saturated heterocycles. The summed E-state index contributed by atoms with van der Waals surface area (Å²) in [5.41, 5.74) is 5.11. The maximum absolute atomic E-state index is 12.7. The number of hydrogen-bond donors (Lipinski definition) is 2. The molecule has 0 atom stereocenters. The van der Waals surface area contributed by atoms with E-state index >= 15 is 0 Å². The van der Waals surface area contributed by atoms with Crippen molar-refractivity contribution in [1.29, 1.82) is 0 Å². The Bertz CT molecular complexity index is 981. The number of ether oxygens (including phenoxy) is 3.